The predicted molar refractivity (Wildman–Crippen MR) is 80.4 cm³/mol. The Hall–Kier alpha value is -2.04. The topological polar surface area (TPSA) is 75.6 Å². The number of hydrogen-bond donors (Lipinski definition) is 2. The van der Waals surface area contributed by atoms with Crippen LogP contribution in [0.5, 0.6) is 5.75 Å². The van der Waals surface area contributed by atoms with Crippen LogP contribution < -0.4 is 10.1 Å². The number of nitrogens with one attached hydrogen (secondary N) is 1. The lowest BCUT2D eigenvalue weighted by Gasteiger charge is -2.08. The molecule has 0 bridgehead atoms. The van der Waals surface area contributed by atoms with Crippen molar-refractivity contribution < 1.29 is 19.4 Å². The Bertz CT molecular complexity index is 563. The molecule has 1 aromatic carbocycles. The number of hydrogen-bond acceptors (Lipinski definition) is 3. The zero-order chi connectivity index (χ0) is 15.6. The van der Waals surface area contributed by atoms with Crippen LogP contribution in [-0.2, 0) is 16.1 Å². The van der Waals surface area contributed by atoms with Gasteiger partial charge in [0.25, 0.3) is 0 Å². The maximum absolute atomic E-state index is 11.9. The first kappa shape index (κ1) is 14.9. The third-order valence-electron chi connectivity index (χ3n) is 4.59. The number of rotatable bonds is 8. The molecule has 1 atom stereocenters. The third-order valence-corrected chi connectivity index (χ3v) is 4.59. The summed E-state index contributed by atoms with van der Waals surface area (Å²) in [6.45, 7) is 0.941. The number of aliphatic carboxylic acids is 1. The number of benzene rings is 1. The first-order valence-electron chi connectivity index (χ1n) is 7.80. The van der Waals surface area contributed by atoms with Gasteiger partial charge in [-0.25, -0.2) is 0 Å². The zero-order valence-corrected chi connectivity index (χ0v) is 12.5. The van der Waals surface area contributed by atoms with Crippen LogP contribution >= 0.6 is 0 Å². The highest BCUT2D eigenvalue weighted by molar-refractivity contribution is 5.83. The van der Waals surface area contributed by atoms with Gasteiger partial charge in [0.1, 0.15) is 5.75 Å². The molecular weight excluding hydrogens is 282 g/mol. The van der Waals surface area contributed by atoms with Crippen molar-refractivity contribution >= 4 is 11.9 Å². The number of amides is 1. The van der Waals surface area contributed by atoms with E-state index < -0.39 is 5.97 Å². The van der Waals surface area contributed by atoms with Gasteiger partial charge in [0.15, 0.2) is 0 Å². The summed E-state index contributed by atoms with van der Waals surface area (Å²) in [4.78, 5) is 22.3. The van der Waals surface area contributed by atoms with Gasteiger partial charge in [-0.3, -0.25) is 9.59 Å². The average molecular weight is 303 g/mol. The van der Waals surface area contributed by atoms with Gasteiger partial charge in [0, 0.05) is 18.9 Å². The molecule has 2 fully saturated rings. The Morgan fingerprint density at radius 1 is 1.27 bits per heavy atom. The largest absolute Gasteiger partial charge is 0.494 e. The molecule has 22 heavy (non-hydrogen) atoms. The van der Waals surface area contributed by atoms with Crippen molar-refractivity contribution in [2.45, 2.75) is 38.6 Å². The number of ether oxygens (including phenoxy) is 1. The van der Waals surface area contributed by atoms with Crippen LogP contribution in [0.1, 0.15) is 37.7 Å². The van der Waals surface area contributed by atoms with Gasteiger partial charge >= 0.3 is 5.97 Å². The van der Waals surface area contributed by atoms with Crippen LogP contribution in [0.25, 0.3) is 0 Å². The second-order valence-corrected chi connectivity index (χ2v) is 6.33. The second-order valence-electron chi connectivity index (χ2n) is 6.33. The molecule has 2 saturated carbocycles. The third kappa shape index (κ3) is 3.59. The van der Waals surface area contributed by atoms with Crippen LogP contribution in [0.15, 0.2) is 24.3 Å². The van der Waals surface area contributed by atoms with Gasteiger partial charge in [0.05, 0.1) is 6.61 Å². The molecule has 118 valence electrons. The fourth-order valence-corrected chi connectivity index (χ4v) is 2.86. The Balaban J connectivity index is 1.37. The molecule has 1 aromatic rings. The molecule has 1 amide bonds. The lowest BCUT2D eigenvalue weighted by Crippen LogP contribution is -2.25. The van der Waals surface area contributed by atoms with Crippen LogP contribution in [-0.4, -0.2) is 23.6 Å². The van der Waals surface area contributed by atoms with Crippen molar-refractivity contribution in [1.29, 1.82) is 0 Å². The van der Waals surface area contributed by atoms with Gasteiger partial charge in [-0.1, -0.05) is 12.1 Å². The fraction of sp³-hybridized carbons (Fsp3) is 0.529. The molecule has 0 aliphatic heterocycles. The minimum atomic E-state index is -0.807. The standard InChI is InChI=1S/C17H21NO4/c19-15(20)2-1-9-22-13-5-3-12(4-6-13)11-18-16(21)14-10-17(14)7-8-17/h3-6,14H,1-2,7-11H2,(H,18,21)(H,19,20). The van der Waals surface area contributed by atoms with E-state index in [0.717, 1.165) is 17.7 Å². The highest BCUT2D eigenvalue weighted by Crippen LogP contribution is 2.70. The summed E-state index contributed by atoms with van der Waals surface area (Å²) in [5.74, 6) is 0.355. The van der Waals surface area contributed by atoms with Crippen molar-refractivity contribution in [2.75, 3.05) is 6.61 Å². The van der Waals surface area contributed by atoms with Crippen molar-refractivity contribution in [2.24, 2.45) is 11.3 Å². The smallest absolute Gasteiger partial charge is 0.303 e. The van der Waals surface area contributed by atoms with Crippen molar-refractivity contribution in [3.63, 3.8) is 0 Å². The van der Waals surface area contributed by atoms with Crippen molar-refractivity contribution in [1.82, 2.24) is 5.32 Å². The molecule has 0 heterocycles. The van der Waals surface area contributed by atoms with Gasteiger partial charge in [-0.05, 0) is 48.8 Å². The Morgan fingerprint density at radius 2 is 2.00 bits per heavy atom. The summed E-state index contributed by atoms with van der Waals surface area (Å²) in [6, 6.07) is 7.54. The summed E-state index contributed by atoms with van der Waals surface area (Å²) in [5, 5.41) is 11.5. The SMILES string of the molecule is O=C(O)CCCOc1ccc(CNC(=O)C2CC23CC3)cc1. The number of carbonyl (C=O) groups is 2. The van der Waals surface area contributed by atoms with Crippen LogP contribution in [0.2, 0.25) is 0 Å². The Labute approximate surface area is 129 Å². The average Bonchev–Trinajstić information content (AvgIpc) is 3.42. The van der Waals surface area contributed by atoms with Gasteiger partial charge in [-0.15, -0.1) is 0 Å². The maximum atomic E-state index is 11.9. The molecule has 5 heteroatoms. The van der Waals surface area contributed by atoms with Crippen LogP contribution in [0.4, 0.5) is 0 Å². The molecule has 1 unspecified atom stereocenters. The molecule has 0 aromatic heterocycles. The Morgan fingerprint density at radius 3 is 2.59 bits per heavy atom. The quantitative estimate of drug-likeness (QED) is 0.723. The maximum Gasteiger partial charge on any atom is 0.303 e. The van der Waals surface area contributed by atoms with E-state index in [-0.39, 0.29) is 18.2 Å². The lowest BCUT2D eigenvalue weighted by molar-refractivity contribution is -0.137. The van der Waals surface area contributed by atoms with E-state index in [9.17, 15) is 9.59 Å². The lowest BCUT2D eigenvalue weighted by atomic mass is 10.2. The van der Waals surface area contributed by atoms with E-state index in [4.69, 9.17) is 9.84 Å². The van der Waals surface area contributed by atoms with Crippen molar-refractivity contribution in [3.8, 4) is 5.75 Å². The van der Waals surface area contributed by atoms with Gasteiger partial charge < -0.3 is 15.2 Å². The van der Waals surface area contributed by atoms with Crippen molar-refractivity contribution in [3.05, 3.63) is 29.8 Å². The predicted octanol–water partition coefficient (Wildman–Crippen LogP) is 2.35. The first-order valence-corrected chi connectivity index (χ1v) is 7.80. The number of carboxylic acids is 1. The molecule has 0 radical (unpaired) electrons. The van der Waals surface area contributed by atoms with Crippen LogP contribution in [0, 0.1) is 11.3 Å². The molecule has 2 aliphatic rings. The molecule has 2 aliphatic carbocycles. The van der Waals surface area contributed by atoms with Crippen LogP contribution in [0.3, 0.4) is 0 Å². The summed E-state index contributed by atoms with van der Waals surface area (Å²) in [5.41, 5.74) is 1.44. The number of carbonyl (C=O) groups excluding carboxylic acids is 1. The molecular formula is C17H21NO4. The highest BCUT2D eigenvalue weighted by Gasteiger charge is 2.65. The Kier molecular flexibility index (Phi) is 4.05. The van der Waals surface area contributed by atoms with Gasteiger partial charge in [0.2, 0.25) is 5.91 Å². The van der Waals surface area contributed by atoms with E-state index in [1.807, 2.05) is 24.3 Å². The zero-order valence-electron chi connectivity index (χ0n) is 12.5. The van der Waals surface area contributed by atoms with E-state index in [1.165, 1.54) is 12.8 Å². The van der Waals surface area contributed by atoms with E-state index in [0.29, 0.717) is 25.0 Å². The molecule has 2 N–H and O–H groups in total. The monoisotopic (exact) mass is 303 g/mol. The highest BCUT2D eigenvalue weighted by atomic mass is 16.5. The minimum Gasteiger partial charge on any atom is -0.494 e. The van der Waals surface area contributed by atoms with Gasteiger partial charge in [-0.2, -0.15) is 0 Å². The summed E-state index contributed by atoms with van der Waals surface area (Å²) >= 11 is 0. The molecule has 0 saturated heterocycles. The summed E-state index contributed by atoms with van der Waals surface area (Å²) in [6.07, 6.45) is 4.13. The molecule has 5 nitrogen and oxygen atoms in total. The first-order chi connectivity index (χ1) is 10.6. The molecule has 3 rings (SSSR count). The van der Waals surface area contributed by atoms with E-state index >= 15 is 0 Å². The minimum absolute atomic E-state index is 0.118. The summed E-state index contributed by atoms with van der Waals surface area (Å²) in [7, 11) is 0. The normalized spacial score (nSPS) is 20.5. The second kappa shape index (κ2) is 5.99. The van der Waals surface area contributed by atoms with E-state index in [2.05, 4.69) is 5.32 Å². The van der Waals surface area contributed by atoms with E-state index in [1.54, 1.807) is 0 Å². The summed E-state index contributed by atoms with van der Waals surface area (Å²) < 4.78 is 5.47. The fourth-order valence-electron chi connectivity index (χ4n) is 2.86. The number of carboxylic acid groups (broad SMARTS) is 1. The molecule has 1 spiro atoms.